The number of aliphatic hydroxyl groups excluding tert-OH is 4. The fourth-order valence-electron chi connectivity index (χ4n) is 7.81. The maximum absolute atomic E-state index is 12.5. The summed E-state index contributed by atoms with van der Waals surface area (Å²) in [5, 5.41) is 43.8. The Labute approximate surface area is 342 Å². The van der Waals surface area contributed by atoms with E-state index in [2.05, 4.69) is 31.3 Å². The van der Waals surface area contributed by atoms with Gasteiger partial charge < -0.3 is 25.7 Å². The van der Waals surface area contributed by atoms with Crippen molar-refractivity contribution < 1.29 is 25.2 Å². The lowest BCUT2D eigenvalue weighted by Gasteiger charge is -2.27. The minimum atomic E-state index is -1.26. The average Bonchev–Trinajstić information content (AvgIpc) is 3.19. The van der Waals surface area contributed by atoms with Gasteiger partial charge in [0.1, 0.15) is 12.2 Å². The van der Waals surface area contributed by atoms with Crippen LogP contribution in [0, 0.1) is 0 Å². The third-order valence-corrected chi connectivity index (χ3v) is 11.7. The Morgan fingerprint density at radius 1 is 0.436 bits per heavy atom. The monoisotopic (exact) mass is 780 g/mol. The summed E-state index contributed by atoms with van der Waals surface area (Å²) >= 11 is 0. The molecule has 328 valence electrons. The van der Waals surface area contributed by atoms with Crippen LogP contribution < -0.4 is 5.32 Å². The van der Waals surface area contributed by atoms with Crippen molar-refractivity contribution in [3.05, 3.63) is 12.2 Å². The Morgan fingerprint density at radius 2 is 0.727 bits per heavy atom. The number of nitrogens with one attached hydrogen (secondary N) is 1. The van der Waals surface area contributed by atoms with Gasteiger partial charge in [-0.1, -0.05) is 238 Å². The molecule has 0 aliphatic carbocycles. The van der Waals surface area contributed by atoms with Crippen molar-refractivity contribution in [1.29, 1.82) is 0 Å². The summed E-state index contributed by atoms with van der Waals surface area (Å²) in [6, 6.07) is -0.985. The maximum atomic E-state index is 12.5. The number of unbranched alkanes of at least 4 members (excludes halogenated alkanes) is 34. The number of rotatable bonds is 45. The second-order valence-electron chi connectivity index (χ2n) is 17.2. The van der Waals surface area contributed by atoms with E-state index in [0.29, 0.717) is 12.8 Å². The summed E-state index contributed by atoms with van der Waals surface area (Å²) in [6.45, 7) is 4.07. The van der Waals surface area contributed by atoms with E-state index in [1.54, 1.807) is 0 Å². The summed E-state index contributed by atoms with van der Waals surface area (Å²) in [5.41, 5.74) is 0. The minimum Gasteiger partial charge on any atom is -0.394 e. The van der Waals surface area contributed by atoms with Crippen LogP contribution in [0.3, 0.4) is 0 Å². The molecule has 6 heteroatoms. The van der Waals surface area contributed by atoms with Gasteiger partial charge in [-0.25, -0.2) is 0 Å². The van der Waals surface area contributed by atoms with Crippen LogP contribution in [0.5, 0.6) is 0 Å². The standard InChI is InChI=1S/C49H97NO5/c1-3-5-7-9-11-13-15-17-19-21-23-24-25-27-29-31-33-35-37-39-41-43-47(53)49(55)50-45(44-51)48(54)46(52)42-40-38-36-34-32-30-28-26-22-20-18-16-14-12-10-8-6-4-2/h25,27,45-48,51-54H,3-24,26,28-44H2,1-2H3,(H,50,55)/b27-25-. The summed E-state index contributed by atoms with van der Waals surface area (Å²) in [5.74, 6) is -0.585. The molecule has 4 unspecified atom stereocenters. The number of aliphatic hydroxyl groups is 4. The molecule has 55 heavy (non-hydrogen) atoms. The zero-order chi connectivity index (χ0) is 40.3. The number of hydrogen-bond donors (Lipinski definition) is 5. The molecule has 4 atom stereocenters. The zero-order valence-electron chi connectivity index (χ0n) is 36.9. The molecule has 0 radical (unpaired) electrons. The first kappa shape index (κ1) is 54.0. The Balaban J connectivity index is 3.68. The molecule has 0 aromatic carbocycles. The number of carbonyl (C=O) groups is 1. The van der Waals surface area contributed by atoms with Gasteiger partial charge in [-0.05, 0) is 38.5 Å². The van der Waals surface area contributed by atoms with Crippen LogP contribution in [0.15, 0.2) is 12.2 Å². The first-order valence-corrected chi connectivity index (χ1v) is 24.6. The van der Waals surface area contributed by atoms with Gasteiger partial charge in [-0.3, -0.25) is 4.79 Å². The molecule has 6 nitrogen and oxygen atoms in total. The van der Waals surface area contributed by atoms with E-state index in [-0.39, 0.29) is 0 Å². The Morgan fingerprint density at radius 3 is 1.05 bits per heavy atom. The maximum Gasteiger partial charge on any atom is 0.249 e. The van der Waals surface area contributed by atoms with Gasteiger partial charge in [-0.2, -0.15) is 0 Å². The molecule has 0 bridgehead atoms. The summed E-state index contributed by atoms with van der Waals surface area (Å²) in [4.78, 5) is 12.5. The molecule has 0 aromatic heterocycles. The van der Waals surface area contributed by atoms with Crippen LogP contribution >= 0.6 is 0 Å². The third-order valence-electron chi connectivity index (χ3n) is 11.7. The van der Waals surface area contributed by atoms with Crippen molar-refractivity contribution in [2.45, 2.75) is 289 Å². The predicted octanol–water partition coefficient (Wildman–Crippen LogP) is 13.4. The summed E-state index contributed by atoms with van der Waals surface area (Å²) in [7, 11) is 0. The Hall–Kier alpha value is -0.950. The van der Waals surface area contributed by atoms with Crippen molar-refractivity contribution in [3.63, 3.8) is 0 Å². The molecule has 0 saturated carbocycles. The van der Waals surface area contributed by atoms with E-state index in [1.807, 2.05) is 0 Å². The largest absolute Gasteiger partial charge is 0.394 e. The molecule has 0 aliphatic rings. The lowest BCUT2D eigenvalue weighted by Crippen LogP contribution is -2.53. The van der Waals surface area contributed by atoms with Crippen molar-refractivity contribution in [1.82, 2.24) is 5.32 Å². The van der Waals surface area contributed by atoms with Crippen molar-refractivity contribution in [2.75, 3.05) is 6.61 Å². The van der Waals surface area contributed by atoms with Crippen LogP contribution in [0.4, 0.5) is 0 Å². The van der Waals surface area contributed by atoms with E-state index >= 15 is 0 Å². The molecule has 0 aromatic rings. The van der Waals surface area contributed by atoms with Crippen LogP contribution in [0.25, 0.3) is 0 Å². The quantitative estimate of drug-likeness (QED) is 0.0312. The van der Waals surface area contributed by atoms with Crippen molar-refractivity contribution in [2.24, 2.45) is 0 Å². The number of allylic oxidation sites excluding steroid dienone is 2. The third kappa shape index (κ3) is 38.3. The van der Waals surface area contributed by atoms with Gasteiger partial charge in [0.2, 0.25) is 5.91 Å². The summed E-state index contributed by atoms with van der Waals surface area (Å²) < 4.78 is 0. The van der Waals surface area contributed by atoms with E-state index < -0.39 is 36.9 Å². The molecule has 0 heterocycles. The topological polar surface area (TPSA) is 110 Å². The van der Waals surface area contributed by atoms with E-state index in [1.165, 1.54) is 193 Å². The fourth-order valence-corrected chi connectivity index (χ4v) is 7.81. The van der Waals surface area contributed by atoms with E-state index in [9.17, 15) is 25.2 Å². The van der Waals surface area contributed by atoms with Crippen LogP contribution in [-0.4, -0.2) is 57.3 Å². The minimum absolute atomic E-state index is 0.365. The van der Waals surface area contributed by atoms with Crippen LogP contribution in [-0.2, 0) is 4.79 Å². The normalized spacial score (nSPS) is 14.1. The van der Waals surface area contributed by atoms with Gasteiger partial charge in [0.15, 0.2) is 0 Å². The first-order chi connectivity index (χ1) is 27.0. The van der Waals surface area contributed by atoms with Gasteiger partial charge in [0.25, 0.3) is 0 Å². The van der Waals surface area contributed by atoms with Gasteiger partial charge in [-0.15, -0.1) is 0 Å². The van der Waals surface area contributed by atoms with Crippen LogP contribution in [0.1, 0.15) is 264 Å². The van der Waals surface area contributed by atoms with Gasteiger partial charge in [0, 0.05) is 0 Å². The van der Waals surface area contributed by atoms with Crippen molar-refractivity contribution in [3.8, 4) is 0 Å². The zero-order valence-corrected chi connectivity index (χ0v) is 36.9. The molecule has 5 N–H and O–H groups in total. The second-order valence-corrected chi connectivity index (χ2v) is 17.2. The van der Waals surface area contributed by atoms with Gasteiger partial charge >= 0.3 is 0 Å². The molecule has 1 amide bonds. The van der Waals surface area contributed by atoms with Crippen molar-refractivity contribution >= 4 is 5.91 Å². The molecule has 0 spiro atoms. The second kappa shape index (κ2) is 44.2. The smallest absolute Gasteiger partial charge is 0.249 e. The lowest BCUT2D eigenvalue weighted by molar-refractivity contribution is -0.132. The van der Waals surface area contributed by atoms with E-state index in [4.69, 9.17) is 0 Å². The summed E-state index contributed by atoms with van der Waals surface area (Å²) in [6.07, 6.45) is 49.6. The highest BCUT2D eigenvalue weighted by molar-refractivity contribution is 5.80. The number of carbonyl (C=O) groups excluding carboxylic acids is 1. The first-order valence-electron chi connectivity index (χ1n) is 24.6. The van der Waals surface area contributed by atoms with Gasteiger partial charge in [0.05, 0.1) is 18.8 Å². The SMILES string of the molecule is CCCCCCCCCCCCC/C=C\CCCCCCCCC(O)C(=O)NC(CO)C(O)C(O)CCCCCCCCCCCCCCCCCCCC. The lowest BCUT2D eigenvalue weighted by atomic mass is 9.99. The highest BCUT2D eigenvalue weighted by Crippen LogP contribution is 2.17. The number of amides is 1. The molecule has 0 fully saturated rings. The van der Waals surface area contributed by atoms with E-state index in [0.717, 1.165) is 44.9 Å². The average molecular weight is 780 g/mol. The highest BCUT2D eigenvalue weighted by Gasteiger charge is 2.28. The Kier molecular flexibility index (Phi) is 43.4. The molecular weight excluding hydrogens is 683 g/mol. The fraction of sp³-hybridized carbons (Fsp3) is 0.939. The molecular formula is C49H97NO5. The Bertz CT molecular complexity index is 791. The van der Waals surface area contributed by atoms with Crippen LogP contribution in [0.2, 0.25) is 0 Å². The predicted molar refractivity (Wildman–Crippen MR) is 238 cm³/mol. The molecule has 0 rings (SSSR count). The molecule has 0 saturated heterocycles. The molecule has 0 aliphatic heterocycles. The number of hydrogen-bond acceptors (Lipinski definition) is 5. The highest BCUT2D eigenvalue weighted by atomic mass is 16.3.